The van der Waals surface area contributed by atoms with Crippen molar-refractivity contribution < 1.29 is 19.2 Å². The van der Waals surface area contributed by atoms with Crippen LogP contribution in [-0.4, -0.2) is 23.3 Å². The fourth-order valence-corrected chi connectivity index (χ4v) is 4.39. The molecular weight excluding hydrogens is 408 g/mol. The number of carbonyl (C=O) groups is 2. The zero-order chi connectivity index (χ0) is 22.7. The Morgan fingerprint density at radius 2 is 1.94 bits per heavy atom. The van der Waals surface area contributed by atoms with Gasteiger partial charge < -0.3 is 10.1 Å². The molecular formula is C25H24N2O5. The van der Waals surface area contributed by atoms with Crippen molar-refractivity contribution in [2.75, 3.05) is 6.61 Å². The summed E-state index contributed by atoms with van der Waals surface area (Å²) in [5, 5.41) is 14.6. The number of nitrogens with zero attached hydrogens (tertiary/aromatic N) is 1. The van der Waals surface area contributed by atoms with E-state index in [9.17, 15) is 19.7 Å². The van der Waals surface area contributed by atoms with E-state index in [-0.39, 0.29) is 18.1 Å². The molecule has 0 bridgehead atoms. The molecule has 1 aliphatic heterocycles. The van der Waals surface area contributed by atoms with E-state index >= 15 is 0 Å². The maximum Gasteiger partial charge on any atom is 0.336 e. The maximum absolute atomic E-state index is 13.2. The number of benzene rings is 2. The predicted octanol–water partition coefficient (Wildman–Crippen LogP) is 4.35. The van der Waals surface area contributed by atoms with E-state index in [0.29, 0.717) is 41.7 Å². The van der Waals surface area contributed by atoms with E-state index in [1.807, 2.05) is 30.3 Å². The van der Waals surface area contributed by atoms with Crippen molar-refractivity contribution in [3.8, 4) is 0 Å². The van der Waals surface area contributed by atoms with Gasteiger partial charge in [0.15, 0.2) is 5.78 Å². The van der Waals surface area contributed by atoms with Crippen LogP contribution in [0.15, 0.2) is 77.1 Å². The van der Waals surface area contributed by atoms with Crippen LogP contribution in [-0.2, 0) is 20.7 Å². The topological polar surface area (TPSA) is 98.5 Å². The molecule has 164 valence electrons. The Kier molecular flexibility index (Phi) is 6.16. The van der Waals surface area contributed by atoms with Crippen LogP contribution < -0.4 is 5.32 Å². The average Bonchev–Trinajstić information content (AvgIpc) is 2.79. The van der Waals surface area contributed by atoms with Crippen LogP contribution in [0.25, 0.3) is 0 Å². The standard InChI is InChI=1S/C25H24N2O5/c1-16-22(25(29)32-14-13-17-7-3-2-4-8-17)23(18-9-5-10-19(15-18)27(30)31)24-20(26-16)11-6-12-21(24)28/h2-5,7-10,15,23,26H,6,11-14H2,1H3. The minimum Gasteiger partial charge on any atom is -0.462 e. The number of nitrogens with one attached hydrogen (secondary N) is 1. The number of Topliss-reactive ketones (excluding diaryl/α,β-unsaturated/α-hetero) is 1. The Labute approximate surface area is 185 Å². The Hall–Kier alpha value is -3.74. The first kappa shape index (κ1) is 21.5. The molecule has 0 saturated heterocycles. The number of allylic oxidation sites excluding steroid dienone is 3. The van der Waals surface area contributed by atoms with Gasteiger partial charge in [0, 0.05) is 47.9 Å². The Balaban J connectivity index is 1.67. The molecule has 0 aromatic heterocycles. The third-order valence-electron chi connectivity index (χ3n) is 5.88. The van der Waals surface area contributed by atoms with Gasteiger partial charge in [0.25, 0.3) is 5.69 Å². The van der Waals surface area contributed by atoms with Gasteiger partial charge in [-0.15, -0.1) is 0 Å². The summed E-state index contributed by atoms with van der Waals surface area (Å²) in [6.45, 7) is 1.97. The third-order valence-corrected chi connectivity index (χ3v) is 5.88. The molecule has 1 aliphatic carbocycles. The second-order valence-electron chi connectivity index (χ2n) is 7.99. The lowest BCUT2D eigenvalue weighted by atomic mass is 9.75. The van der Waals surface area contributed by atoms with E-state index in [2.05, 4.69) is 5.32 Å². The third kappa shape index (κ3) is 4.32. The predicted molar refractivity (Wildman–Crippen MR) is 119 cm³/mol. The summed E-state index contributed by atoms with van der Waals surface area (Å²) in [5.74, 6) is -1.26. The van der Waals surface area contributed by atoms with E-state index in [1.54, 1.807) is 19.1 Å². The second kappa shape index (κ2) is 9.18. The van der Waals surface area contributed by atoms with Crippen LogP contribution in [0.2, 0.25) is 0 Å². The van der Waals surface area contributed by atoms with Gasteiger partial charge >= 0.3 is 5.97 Å². The second-order valence-corrected chi connectivity index (χ2v) is 7.99. The summed E-state index contributed by atoms with van der Waals surface area (Å²) < 4.78 is 5.60. The molecule has 7 nitrogen and oxygen atoms in total. The van der Waals surface area contributed by atoms with Crippen molar-refractivity contribution in [1.29, 1.82) is 0 Å². The number of nitro benzene ring substituents is 1. The zero-order valence-electron chi connectivity index (χ0n) is 17.8. The van der Waals surface area contributed by atoms with E-state index in [0.717, 1.165) is 17.7 Å². The number of hydrogen-bond donors (Lipinski definition) is 1. The van der Waals surface area contributed by atoms with Crippen LogP contribution in [0.5, 0.6) is 0 Å². The number of hydrogen-bond acceptors (Lipinski definition) is 6. The lowest BCUT2D eigenvalue weighted by molar-refractivity contribution is -0.384. The molecule has 2 aliphatic rings. The van der Waals surface area contributed by atoms with Crippen molar-refractivity contribution in [3.05, 3.63) is 98.4 Å². The summed E-state index contributed by atoms with van der Waals surface area (Å²) >= 11 is 0. The van der Waals surface area contributed by atoms with E-state index in [4.69, 9.17) is 4.74 Å². The van der Waals surface area contributed by atoms with Gasteiger partial charge in [-0.25, -0.2) is 4.79 Å². The maximum atomic E-state index is 13.2. The van der Waals surface area contributed by atoms with E-state index < -0.39 is 16.8 Å². The monoisotopic (exact) mass is 432 g/mol. The largest absolute Gasteiger partial charge is 0.462 e. The molecule has 4 rings (SSSR count). The molecule has 2 aromatic carbocycles. The number of esters is 1. The van der Waals surface area contributed by atoms with Crippen LogP contribution in [0.3, 0.4) is 0 Å². The lowest BCUT2D eigenvalue weighted by Crippen LogP contribution is -2.34. The molecule has 1 unspecified atom stereocenters. The first-order valence-electron chi connectivity index (χ1n) is 10.6. The highest BCUT2D eigenvalue weighted by Crippen LogP contribution is 2.43. The van der Waals surface area contributed by atoms with Gasteiger partial charge in [-0.1, -0.05) is 42.5 Å². The number of nitro groups is 1. The molecule has 1 atom stereocenters. The minimum atomic E-state index is -0.692. The number of ether oxygens (including phenoxy) is 1. The first-order chi connectivity index (χ1) is 15.5. The molecule has 0 fully saturated rings. The quantitative estimate of drug-likeness (QED) is 0.414. The van der Waals surface area contributed by atoms with Gasteiger partial charge in [0.05, 0.1) is 17.1 Å². The summed E-state index contributed by atoms with van der Waals surface area (Å²) in [6.07, 6.45) is 2.39. The average molecular weight is 432 g/mol. The lowest BCUT2D eigenvalue weighted by Gasteiger charge is -2.34. The normalized spacial score (nSPS) is 18.2. The van der Waals surface area contributed by atoms with Crippen molar-refractivity contribution in [3.63, 3.8) is 0 Å². The molecule has 2 aromatic rings. The Morgan fingerprint density at radius 3 is 2.69 bits per heavy atom. The number of dihydropyridines is 1. The summed E-state index contributed by atoms with van der Waals surface area (Å²) in [7, 11) is 0. The van der Waals surface area contributed by atoms with E-state index in [1.165, 1.54) is 12.1 Å². The molecule has 1 heterocycles. The number of rotatable bonds is 6. The van der Waals surface area contributed by atoms with Crippen LogP contribution in [0.4, 0.5) is 5.69 Å². The Morgan fingerprint density at radius 1 is 1.16 bits per heavy atom. The summed E-state index contributed by atoms with van der Waals surface area (Å²) in [6, 6.07) is 15.8. The first-order valence-corrected chi connectivity index (χ1v) is 10.6. The van der Waals surface area contributed by atoms with Gasteiger partial charge in [-0.3, -0.25) is 14.9 Å². The highest BCUT2D eigenvalue weighted by molar-refractivity contribution is 6.03. The highest BCUT2D eigenvalue weighted by atomic mass is 16.6. The van der Waals surface area contributed by atoms with Gasteiger partial charge in [-0.05, 0) is 30.9 Å². The van der Waals surface area contributed by atoms with Crippen molar-refractivity contribution >= 4 is 17.4 Å². The number of non-ortho nitro benzene ring substituents is 1. The molecule has 0 amide bonds. The Bertz CT molecular complexity index is 1130. The summed E-state index contributed by atoms with van der Waals surface area (Å²) in [4.78, 5) is 37.0. The van der Waals surface area contributed by atoms with Crippen LogP contribution >= 0.6 is 0 Å². The van der Waals surface area contributed by atoms with Gasteiger partial charge in [0.1, 0.15) is 0 Å². The van der Waals surface area contributed by atoms with Gasteiger partial charge in [-0.2, -0.15) is 0 Å². The smallest absolute Gasteiger partial charge is 0.336 e. The fourth-order valence-electron chi connectivity index (χ4n) is 4.39. The number of carbonyl (C=O) groups excluding carboxylic acids is 2. The van der Waals surface area contributed by atoms with Crippen LogP contribution in [0.1, 0.15) is 43.2 Å². The molecule has 0 radical (unpaired) electrons. The molecule has 1 N–H and O–H groups in total. The fraction of sp³-hybridized carbons (Fsp3) is 0.280. The molecule has 0 spiro atoms. The summed E-state index contributed by atoms with van der Waals surface area (Å²) in [5.41, 5.74) is 3.75. The SMILES string of the molecule is CC1=C(C(=O)OCCc2ccccc2)C(c2cccc([N+](=O)[O-])c2)C2=C(CCCC2=O)N1. The molecule has 32 heavy (non-hydrogen) atoms. The van der Waals surface area contributed by atoms with Gasteiger partial charge in [0.2, 0.25) is 0 Å². The number of ketones is 1. The van der Waals surface area contributed by atoms with Crippen LogP contribution in [0, 0.1) is 10.1 Å². The zero-order valence-corrected chi connectivity index (χ0v) is 17.8. The minimum absolute atomic E-state index is 0.0441. The molecule has 7 heteroatoms. The molecule has 0 saturated carbocycles. The van der Waals surface area contributed by atoms with Crippen molar-refractivity contribution in [1.82, 2.24) is 5.32 Å². The van der Waals surface area contributed by atoms with Crippen molar-refractivity contribution in [2.24, 2.45) is 0 Å². The van der Waals surface area contributed by atoms with Crippen molar-refractivity contribution in [2.45, 2.75) is 38.5 Å². The highest BCUT2D eigenvalue weighted by Gasteiger charge is 2.39.